The Morgan fingerprint density at radius 2 is 1.86 bits per heavy atom. The molecule has 0 aliphatic carbocycles. The molecule has 2 aromatic carbocycles. The fraction of sp³-hybridized carbons (Fsp3) is 0.222. The first-order valence-corrected chi connectivity index (χ1v) is 7.61. The Hall–Kier alpha value is -1.93. The van der Waals surface area contributed by atoms with Gasteiger partial charge in [0.1, 0.15) is 5.75 Å². The van der Waals surface area contributed by atoms with Gasteiger partial charge in [-0.05, 0) is 42.3 Å². The molecule has 0 amide bonds. The molecule has 3 heteroatoms. The predicted octanol–water partition coefficient (Wildman–Crippen LogP) is 5.13. The van der Waals surface area contributed by atoms with Crippen LogP contribution >= 0.6 is 11.6 Å². The Bertz CT molecular complexity index is 731. The van der Waals surface area contributed by atoms with Crippen molar-refractivity contribution in [1.82, 2.24) is 4.57 Å². The summed E-state index contributed by atoms with van der Waals surface area (Å²) < 4.78 is 8.05. The van der Waals surface area contributed by atoms with Gasteiger partial charge in [-0.15, -0.1) is 0 Å². The molecule has 0 radical (unpaired) electrons. The molecule has 21 heavy (non-hydrogen) atoms. The normalized spacial score (nSPS) is 11.0. The van der Waals surface area contributed by atoms with Gasteiger partial charge in [-0.25, -0.2) is 0 Å². The van der Waals surface area contributed by atoms with Gasteiger partial charge in [-0.1, -0.05) is 36.7 Å². The third-order valence-corrected chi connectivity index (χ3v) is 3.75. The summed E-state index contributed by atoms with van der Waals surface area (Å²) in [4.78, 5) is 0. The van der Waals surface area contributed by atoms with Crippen molar-refractivity contribution >= 4 is 22.5 Å². The van der Waals surface area contributed by atoms with Crippen molar-refractivity contribution in [2.75, 3.05) is 6.61 Å². The Morgan fingerprint density at radius 3 is 2.62 bits per heavy atom. The van der Waals surface area contributed by atoms with Gasteiger partial charge in [0.25, 0.3) is 0 Å². The van der Waals surface area contributed by atoms with E-state index in [-0.39, 0.29) is 0 Å². The monoisotopic (exact) mass is 299 g/mol. The van der Waals surface area contributed by atoms with Crippen molar-refractivity contribution in [2.45, 2.75) is 19.9 Å². The van der Waals surface area contributed by atoms with Crippen LogP contribution in [-0.2, 0) is 6.54 Å². The zero-order valence-corrected chi connectivity index (χ0v) is 12.8. The number of halogens is 1. The van der Waals surface area contributed by atoms with Crippen molar-refractivity contribution < 1.29 is 4.74 Å². The minimum absolute atomic E-state index is 0.751. The molecule has 0 aliphatic rings. The zero-order chi connectivity index (χ0) is 14.7. The van der Waals surface area contributed by atoms with Gasteiger partial charge in [-0.3, -0.25) is 0 Å². The number of ether oxygens (including phenoxy) is 1. The van der Waals surface area contributed by atoms with Crippen LogP contribution in [0.15, 0.2) is 54.7 Å². The lowest BCUT2D eigenvalue weighted by atomic mass is 10.2. The van der Waals surface area contributed by atoms with Gasteiger partial charge in [0.2, 0.25) is 0 Å². The lowest BCUT2D eigenvalue weighted by Crippen LogP contribution is -1.98. The first-order valence-electron chi connectivity index (χ1n) is 7.23. The minimum atomic E-state index is 0.751. The molecule has 0 aliphatic heterocycles. The Kier molecular flexibility index (Phi) is 4.16. The third-order valence-electron chi connectivity index (χ3n) is 3.50. The van der Waals surface area contributed by atoms with Crippen LogP contribution < -0.4 is 4.74 Å². The molecule has 3 aromatic rings. The van der Waals surface area contributed by atoms with E-state index in [1.54, 1.807) is 0 Å². The van der Waals surface area contributed by atoms with Gasteiger partial charge >= 0.3 is 0 Å². The molecule has 0 bridgehead atoms. The number of aromatic nitrogens is 1. The lowest BCUT2D eigenvalue weighted by molar-refractivity contribution is 0.321. The smallest absolute Gasteiger partial charge is 0.128 e. The van der Waals surface area contributed by atoms with Crippen molar-refractivity contribution in [3.8, 4) is 5.75 Å². The highest BCUT2D eigenvalue weighted by atomic mass is 35.5. The second-order valence-corrected chi connectivity index (χ2v) is 5.54. The molecule has 0 spiro atoms. The van der Waals surface area contributed by atoms with E-state index in [0.29, 0.717) is 0 Å². The summed E-state index contributed by atoms with van der Waals surface area (Å²) in [5, 5.41) is 1.94. The van der Waals surface area contributed by atoms with Crippen molar-refractivity contribution in [2.24, 2.45) is 0 Å². The van der Waals surface area contributed by atoms with Gasteiger partial charge in [0.05, 0.1) is 12.1 Å². The van der Waals surface area contributed by atoms with E-state index in [2.05, 4.69) is 42.0 Å². The van der Waals surface area contributed by atoms with Gasteiger partial charge < -0.3 is 9.30 Å². The average molecular weight is 300 g/mol. The topological polar surface area (TPSA) is 14.2 Å². The standard InChI is InChI=1S/C18H18ClNO/c1-2-12-21-18-5-3-4-17-16(18)10-11-20(17)13-14-6-8-15(19)9-7-14/h3-11H,2,12-13H2,1H3. The number of rotatable bonds is 5. The molecule has 0 saturated heterocycles. The highest BCUT2D eigenvalue weighted by Crippen LogP contribution is 2.27. The van der Waals surface area contributed by atoms with Crippen LogP contribution in [-0.4, -0.2) is 11.2 Å². The maximum atomic E-state index is 5.93. The first-order chi connectivity index (χ1) is 10.3. The summed E-state index contributed by atoms with van der Waals surface area (Å²) >= 11 is 5.93. The van der Waals surface area contributed by atoms with Crippen molar-refractivity contribution in [1.29, 1.82) is 0 Å². The number of nitrogens with zero attached hydrogens (tertiary/aromatic N) is 1. The molecule has 0 atom stereocenters. The molecule has 1 aromatic heterocycles. The van der Waals surface area contributed by atoms with Gasteiger partial charge in [0.15, 0.2) is 0 Å². The fourth-order valence-corrected chi connectivity index (χ4v) is 2.58. The summed E-state index contributed by atoms with van der Waals surface area (Å²) in [5.74, 6) is 0.962. The van der Waals surface area contributed by atoms with E-state index in [4.69, 9.17) is 16.3 Å². The Labute approximate surface area is 129 Å². The first kappa shape index (κ1) is 14.0. The maximum Gasteiger partial charge on any atom is 0.128 e. The van der Waals surface area contributed by atoms with E-state index in [0.717, 1.165) is 30.3 Å². The van der Waals surface area contributed by atoms with Crippen LogP contribution in [0.2, 0.25) is 5.02 Å². The van der Waals surface area contributed by atoms with E-state index in [1.807, 2.05) is 24.3 Å². The van der Waals surface area contributed by atoms with E-state index in [1.165, 1.54) is 16.5 Å². The zero-order valence-electron chi connectivity index (χ0n) is 12.1. The lowest BCUT2D eigenvalue weighted by Gasteiger charge is -2.08. The second kappa shape index (κ2) is 6.23. The number of hydrogen-bond acceptors (Lipinski definition) is 1. The number of benzene rings is 2. The maximum absolute atomic E-state index is 5.93. The number of fused-ring (bicyclic) bond motifs is 1. The number of hydrogen-bond donors (Lipinski definition) is 0. The summed E-state index contributed by atoms with van der Waals surface area (Å²) in [7, 11) is 0. The SMILES string of the molecule is CCCOc1cccc2c1ccn2Cc1ccc(Cl)cc1. The van der Waals surface area contributed by atoms with Crippen LogP contribution in [0, 0.1) is 0 Å². The van der Waals surface area contributed by atoms with Crippen LogP contribution in [0.4, 0.5) is 0 Å². The van der Waals surface area contributed by atoms with Crippen LogP contribution in [0.25, 0.3) is 10.9 Å². The van der Waals surface area contributed by atoms with E-state index in [9.17, 15) is 0 Å². The molecule has 0 fully saturated rings. The minimum Gasteiger partial charge on any atom is -0.493 e. The van der Waals surface area contributed by atoms with E-state index < -0.39 is 0 Å². The molecule has 3 rings (SSSR count). The molecule has 1 heterocycles. The Balaban J connectivity index is 1.91. The highest BCUT2D eigenvalue weighted by Gasteiger charge is 2.06. The summed E-state index contributed by atoms with van der Waals surface area (Å²) in [5.41, 5.74) is 2.43. The average Bonchev–Trinajstić information content (AvgIpc) is 2.91. The predicted molar refractivity (Wildman–Crippen MR) is 88.3 cm³/mol. The highest BCUT2D eigenvalue weighted by molar-refractivity contribution is 6.30. The van der Waals surface area contributed by atoms with E-state index >= 15 is 0 Å². The molecular formula is C18H18ClNO. The summed E-state index contributed by atoms with van der Waals surface area (Å²) in [6.07, 6.45) is 3.12. The molecule has 0 N–H and O–H groups in total. The van der Waals surface area contributed by atoms with Crippen LogP contribution in [0.3, 0.4) is 0 Å². The van der Waals surface area contributed by atoms with Crippen molar-refractivity contribution in [3.05, 3.63) is 65.3 Å². The molecule has 0 unspecified atom stereocenters. The molecule has 0 saturated carbocycles. The van der Waals surface area contributed by atoms with Crippen molar-refractivity contribution in [3.63, 3.8) is 0 Å². The van der Waals surface area contributed by atoms with Crippen LogP contribution in [0.1, 0.15) is 18.9 Å². The summed E-state index contributed by atoms with van der Waals surface area (Å²) in [6, 6.07) is 16.3. The van der Waals surface area contributed by atoms with Gasteiger partial charge in [-0.2, -0.15) is 0 Å². The summed E-state index contributed by atoms with van der Waals surface area (Å²) in [6.45, 7) is 3.70. The van der Waals surface area contributed by atoms with Gasteiger partial charge in [0, 0.05) is 23.2 Å². The molecule has 2 nitrogen and oxygen atoms in total. The third kappa shape index (κ3) is 3.06. The second-order valence-electron chi connectivity index (χ2n) is 5.11. The van der Waals surface area contributed by atoms with Crippen LogP contribution in [0.5, 0.6) is 5.75 Å². The Morgan fingerprint density at radius 1 is 1.05 bits per heavy atom. The molecular weight excluding hydrogens is 282 g/mol. The largest absolute Gasteiger partial charge is 0.493 e. The fourth-order valence-electron chi connectivity index (χ4n) is 2.46. The molecule has 108 valence electrons. The quantitative estimate of drug-likeness (QED) is 0.637.